The minimum absolute atomic E-state index is 0.240. The van der Waals surface area contributed by atoms with E-state index in [1.165, 1.54) is 0 Å². The Bertz CT molecular complexity index is 724. The van der Waals surface area contributed by atoms with Crippen molar-refractivity contribution in [2.24, 2.45) is 5.10 Å². The lowest BCUT2D eigenvalue weighted by Gasteiger charge is -2.13. The molecule has 5 heteroatoms. The first-order valence-corrected chi connectivity index (χ1v) is 7.27. The summed E-state index contributed by atoms with van der Waals surface area (Å²) in [4.78, 5) is 14.2. The number of hydrazone groups is 1. The van der Waals surface area contributed by atoms with Crippen LogP contribution >= 0.6 is 0 Å². The Hall–Kier alpha value is -2.82. The molecule has 2 aromatic rings. The highest BCUT2D eigenvalue weighted by atomic mass is 16.5. The van der Waals surface area contributed by atoms with Gasteiger partial charge in [0.05, 0.1) is 12.8 Å². The summed E-state index contributed by atoms with van der Waals surface area (Å²) in [5.74, 6) is 0.512. The Morgan fingerprint density at radius 1 is 1.09 bits per heavy atom. The molecule has 2 rings (SSSR count). The molecule has 0 aromatic heterocycles. The largest absolute Gasteiger partial charge is 0.497 e. The molecule has 0 heterocycles. The second kappa shape index (κ2) is 7.45. The molecule has 0 aliphatic rings. The number of rotatable bonds is 5. The summed E-state index contributed by atoms with van der Waals surface area (Å²) in [5.41, 5.74) is 5.73. The fourth-order valence-corrected chi connectivity index (χ4v) is 2.04. The smallest absolute Gasteiger partial charge is 0.271 e. The zero-order valence-corrected chi connectivity index (χ0v) is 13.8. The van der Waals surface area contributed by atoms with Gasteiger partial charge in [-0.2, -0.15) is 5.10 Å². The Labute approximate surface area is 136 Å². The average Bonchev–Trinajstić information content (AvgIpc) is 2.59. The van der Waals surface area contributed by atoms with Crippen LogP contribution in [0, 0.1) is 0 Å². The third kappa shape index (κ3) is 4.32. The summed E-state index contributed by atoms with van der Waals surface area (Å²) in [6.45, 7) is 1.84. The molecular weight excluding hydrogens is 290 g/mol. The van der Waals surface area contributed by atoms with Gasteiger partial charge in [-0.3, -0.25) is 4.79 Å². The molecule has 0 spiro atoms. The lowest BCUT2D eigenvalue weighted by molar-refractivity contribution is 0.0955. The molecule has 23 heavy (non-hydrogen) atoms. The Morgan fingerprint density at radius 2 is 1.78 bits per heavy atom. The van der Waals surface area contributed by atoms with Crippen molar-refractivity contribution in [2.75, 3.05) is 26.1 Å². The maximum Gasteiger partial charge on any atom is 0.271 e. The standard InChI is InChI=1S/C18H21N3O2/c1-13(14-7-6-10-17(12-14)23-4)19-20-18(22)15-8-5-9-16(11-15)21(2)3/h5-12H,1-4H3,(H,20,22)/b19-13+. The summed E-state index contributed by atoms with van der Waals surface area (Å²) >= 11 is 0. The van der Waals surface area contributed by atoms with E-state index >= 15 is 0 Å². The maximum atomic E-state index is 12.2. The van der Waals surface area contributed by atoms with E-state index in [0.717, 1.165) is 17.0 Å². The molecule has 0 saturated carbocycles. The number of ether oxygens (including phenoxy) is 1. The number of carbonyl (C=O) groups excluding carboxylic acids is 1. The topological polar surface area (TPSA) is 53.9 Å². The monoisotopic (exact) mass is 311 g/mol. The minimum atomic E-state index is -0.240. The van der Waals surface area contributed by atoms with Crippen molar-refractivity contribution in [2.45, 2.75) is 6.92 Å². The van der Waals surface area contributed by atoms with Crippen molar-refractivity contribution >= 4 is 17.3 Å². The summed E-state index contributed by atoms with van der Waals surface area (Å²) in [6.07, 6.45) is 0. The van der Waals surface area contributed by atoms with Gasteiger partial charge in [-0.25, -0.2) is 5.43 Å². The Balaban J connectivity index is 2.12. The van der Waals surface area contributed by atoms with Crippen molar-refractivity contribution in [1.82, 2.24) is 5.43 Å². The number of nitrogens with one attached hydrogen (secondary N) is 1. The number of anilines is 1. The number of carbonyl (C=O) groups is 1. The van der Waals surface area contributed by atoms with Gasteiger partial charge in [-0.1, -0.05) is 18.2 Å². The summed E-state index contributed by atoms with van der Waals surface area (Å²) in [7, 11) is 5.48. The third-order valence-corrected chi connectivity index (χ3v) is 3.44. The predicted molar refractivity (Wildman–Crippen MR) is 93.4 cm³/mol. The minimum Gasteiger partial charge on any atom is -0.497 e. The molecule has 1 amide bonds. The fourth-order valence-electron chi connectivity index (χ4n) is 2.04. The van der Waals surface area contributed by atoms with Gasteiger partial charge in [0.1, 0.15) is 5.75 Å². The van der Waals surface area contributed by atoms with E-state index in [4.69, 9.17) is 4.74 Å². The molecule has 2 aromatic carbocycles. The van der Waals surface area contributed by atoms with Crippen LogP contribution in [0.25, 0.3) is 0 Å². The van der Waals surface area contributed by atoms with Crippen molar-refractivity contribution < 1.29 is 9.53 Å². The second-order valence-electron chi connectivity index (χ2n) is 5.31. The van der Waals surface area contributed by atoms with Gasteiger partial charge >= 0.3 is 0 Å². The van der Waals surface area contributed by atoms with E-state index in [1.807, 2.05) is 68.4 Å². The summed E-state index contributed by atoms with van der Waals surface area (Å²) in [6, 6.07) is 14.9. The number of nitrogens with zero attached hydrogens (tertiary/aromatic N) is 2. The second-order valence-corrected chi connectivity index (χ2v) is 5.31. The van der Waals surface area contributed by atoms with Gasteiger partial charge in [-0.05, 0) is 37.3 Å². The first-order valence-electron chi connectivity index (χ1n) is 7.27. The van der Waals surface area contributed by atoms with Crippen molar-refractivity contribution in [3.05, 3.63) is 59.7 Å². The van der Waals surface area contributed by atoms with Gasteiger partial charge in [0.2, 0.25) is 0 Å². The van der Waals surface area contributed by atoms with Crippen LogP contribution in [-0.4, -0.2) is 32.8 Å². The van der Waals surface area contributed by atoms with Crippen LogP contribution in [0.5, 0.6) is 5.75 Å². The van der Waals surface area contributed by atoms with Crippen LogP contribution in [0.4, 0.5) is 5.69 Å². The molecule has 0 atom stereocenters. The molecule has 0 aliphatic heterocycles. The SMILES string of the molecule is COc1cccc(/C(C)=N/NC(=O)c2cccc(N(C)C)c2)c1. The Kier molecular flexibility index (Phi) is 5.36. The number of hydrogen-bond acceptors (Lipinski definition) is 4. The zero-order valence-electron chi connectivity index (χ0n) is 13.8. The summed E-state index contributed by atoms with van der Waals surface area (Å²) in [5, 5.41) is 4.17. The van der Waals surface area contributed by atoms with Gasteiger partial charge in [0.15, 0.2) is 0 Å². The van der Waals surface area contributed by atoms with E-state index in [9.17, 15) is 4.79 Å². The third-order valence-electron chi connectivity index (χ3n) is 3.44. The van der Waals surface area contributed by atoms with Crippen LogP contribution in [-0.2, 0) is 0 Å². The maximum absolute atomic E-state index is 12.2. The van der Waals surface area contributed by atoms with E-state index < -0.39 is 0 Å². The van der Waals surface area contributed by atoms with Crippen LogP contribution in [0.3, 0.4) is 0 Å². The van der Waals surface area contributed by atoms with E-state index in [1.54, 1.807) is 13.2 Å². The Morgan fingerprint density at radius 3 is 2.48 bits per heavy atom. The van der Waals surface area contributed by atoms with Gasteiger partial charge in [-0.15, -0.1) is 0 Å². The molecule has 0 fully saturated rings. The highest BCUT2D eigenvalue weighted by Gasteiger charge is 2.07. The molecule has 0 radical (unpaired) electrons. The lowest BCUT2D eigenvalue weighted by atomic mass is 10.1. The first-order chi connectivity index (χ1) is 11.0. The number of hydrogen-bond donors (Lipinski definition) is 1. The molecule has 0 aliphatic carbocycles. The molecule has 0 unspecified atom stereocenters. The van der Waals surface area contributed by atoms with E-state index in [2.05, 4.69) is 10.5 Å². The molecule has 120 valence electrons. The average molecular weight is 311 g/mol. The van der Waals surface area contributed by atoms with Crippen molar-refractivity contribution in [3.8, 4) is 5.75 Å². The van der Waals surface area contributed by atoms with Gasteiger partial charge in [0.25, 0.3) is 5.91 Å². The molecular formula is C18H21N3O2. The lowest BCUT2D eigenvalue weighted by Crippen LogP contribution is -2.20. The summed E-state index contributed by atoms with van der Waals surface area (Å²) < 4.78 is 5.19. The normalized spacial score (nSPS) is 11.0. The van der Waals surface area contributed by atoms with Crippen molar-refractivity contribution in [3.63, 3.8) is 0 Å². The van der Waals surface area contributed by atoms with Gasteiger partial charge in [0, 0.05) is 30.9 Å². The molecule has 0 bridgehead atoms. The highest BCUT2D eigenvalue weighted by Crippen LogP contribution is 2.14. The number of methoxy groups -OCH3 is 1. The van der Waals surface area contributed by atoms with Crippen molar-refractivity contribution in [1.29, 1.82) is 0 Å². The quantitative estimate of drug-likeness (QED) is 0.682. The first kappa shape index (κ1) is 16.5. The molecule has 1 N–H and O–H groups in total. The van der Waals surface area contributed by atoms with Crippen LogP contribution in [0.1, 0.15) is 22.8 Å². The number of benzene rings is 2. The van der Waals surface area contributed by atoms with Crippen LogP contribution < -0.4 is 15.1 Å². The molecule has 0 saturated heterocycles. The van der Waals surface area contributed by atoms with Gasteiger partial charge < -0.3 is 9.64 Å². The molecule has 5 nitrogen and oxygen atoms in total. The number of amides is 1. The zero-order chi connectivity index (χ0) is 16.8. The highest BCUT2D eigenvalue weighted by molar-refractivity contribution is 6.01. The van der Waals surface area contributed by atoms with E-state index in [-0.39, 0.29) is 5.91 Å². The van der Waals surface area contributed by atoms with Crippen LogP contribution in [0.15, 0.2) is 53.6 Å². The van der Waals surface area contributed by atoms with Crippen LogP contribution in [0.2, 0.25) is 0 Å². The van der Waals surface area contributed by atoms with E-state index in [0.29, 0.717) is 11.3 Å². The predicted octanol–water partition coefficient (Wildman–Crippen LogP) is 2.92. The fraction of sp³-hybridized carbons (Fsp3) is 0.222.